The van der Waals surface area contributed by atoms with Crippen LogP contribution >= 0.6 is 0 Å². The first-order chi connectivity index (χ1) is 4.25. The number of hydrogen-bond donors (Lipinski definition) is 1. The number of nitrogens with two attached hydrogens (primary N) is 1. The van der Waals surface area contributed by atoms with Crippen LogP contribution in [0.25, 0.3) is 0 Å². The molecule has 4 nitrogen and oxygen atoms in total. The van der Waals surface area contributed by atoms with Crippen LogP contribution in [0.1, 0.15) is 0 Å². The number of carbonyl (C=O) groups is 1. The van der Waals surface area contributed by atoms with E-state index < -0.39 is 6.10 Å². The molecule has 0 radical (unpaired) electrons. The smallest absolute Gasteiger partial charge is 0.336 e. The molecule has 0 saturated carbocycles. The maximum atomic E-state index is 10.6. The van der Waals surface area contributed by atoms with Crippen LogP contribution in [0.15, 0.2) is 0 Å². The second kappa shape index (κ2) is 2.33. The normalized spacial score (nSPS) is 33.1. The lowest BCUT2D eigenvalue weighted by Gasteiger charge is -2.30. The fourth-order valence-corrected chi connectivity index (χ4v) is 0.663. The Kier molecular flexibility index (Phi) is 1.68. The highest BCUT2D eigenvalue weighted by atomic mass is 16.6. The van der Waals surface area contributed by atoms with E-state index in [4.69, 9.17) is 10.5 Å². The summed E-state index contributed by atoms with van der Waals surface area (Å²) in [4.78, 5) is 10.6. The second-order valence-electron chi connectivity index (χ2n) is 1.94. The summed E-state index contributed by atoms with van der Waals surface area (Å²) in [6.45, 7) is 0.458. The van der Waals surface area contributed by atoms with E-state index >= 15 is 0 Å². The molecule has 1 aliphatic rings. The van der Waals surface area contributed by atoms with Gasteiger partial charge in [0.15, 0.2) is 6.10 Å². The Morgan fingerprint density at radius 2 is 2.56 bits per heavy atom. The molecule has 0 amide bonds. The molecule has 0 aromatic carbocycles. The summed E-state index contributed by atoms with van der Waals surface area (Å²) in [5, 5.41) is 0. The van der Waals surface area contributed by atoms with Crippen molar-refractivity contribution < 1.29 is 14.3 Å². The van der Waals surface area contributed by atoms with Gasteiger partial charge in [-0.3, -0.25) is 0 Å². The molecule has 2 unspecified atom stereocenters. The van der Waals surface area contributed by atoms with Crippen molar-refractivity contribution in [1.82, 2.24) is 0 Å². The van der Waals surface area contributed by atoms with Gasteiger partial charge in [0.2, 0.25) is 0 Å². The van der Waals surface area contributed by atoms with Crippen LogP contribution in [-0.4, -0.2) is 31.8 Å². The average Bonchev–Trinajstić information content (AvgIpc) is 1.84. The van der Waals surface area contributed by atoms with Crippen molar-refractivity contribution in [2.24, 2.45) is 5.73 Å². The van der Waals surface area contributed by atoms with E-state index in [0.29, 0.717) is 6.61 Å². The van der Waals surface area contributed by atoms with Crippen molar-refractivity contribution >= 4 is 5.97 Å². The fraction of sp³-hybridized carbons (Fsp3) is 0.800. The molecule has 1 aliphatic heterocycles. The van der Waals surface area contributed by atoms with Gasteiger partial charge in [0.25, 0.3) is 0 Å². The zero-order valence-electron chi connectivity index (χ0n) is 5.16. The van der Waals surface area contributed by atoms with Crippen LogP contribution in [0.5, 0.6) is 0 Å². The SMILES string of the molecule is COC(=O)C1OCC1N. The number of esters is 1. The summed E-state index contributed by atoms with van der Waals surface area (Å²) in [6, 6.07) is -0.169. The minimum Gasteiger partial charge on any atom is -0.467 e. The minimum atomic E-state index is -0.519. The van der Waals surface area contributed by atoms with Gasteiger partial charge >= 0.3 is 5.97 Å². The van der Waals surface area contributed by atoms with Crippen molar-refractivity contribution in [3.05, 3.63) is 0 Å². The Labute approximate surface area is 52.9 Å². The molecule has 1 saturated heterocycles. The van der Waals surface area contributed by atoms with Crippen molar-refractivity contribution in [3.63, 3.8) is 0 Å². The zero-order valence-corrected chi connectivity index (χ0v) is 5.16. The Bertz CT molecular complexity index is 125. The molecule has 0 spiro atoms. The maximum absolute atomic E-state index is 10.6. The molecule has 0 aliphatic carbocycles. The van der Waals surface area contributed by atoms with Gasteiger partial charge in [-0.1, -0.05) is 0 Å². The van der Waals surface area contributed by atoms with Crippen molar-refractivity contribution in [2.45, 2.75) is 12.1 Å². The molecular formula is C5H9NO3. The van der Waals surface area contributed by atoms with Crippen LogP contribution in [0, 0.1) is 0 Å². The zero-order chi connectivity index (χ0) is 6.85. The monoisotopic (exact) mass is 131 g/mol. The van der Waals surface area contributed by atoms with Crippen LogP contribution in [0.3, 0.4) is 0 Å². The summed E-state index contributed by atoms with van der Waals surface area (Å²) in [7, 11) is 1.32. The summed E-state index contributed by atoms with van der Waals surface area (Å²) >= 11 is 0. The van der Waals surface area contributed by atoms with Gasteiger partial charge in [-0.2, -0.15) is 0 Å². The summed E-state index contributed by atoms with van der Waals surface area (Å²) in [6.07, 6.45) is -0.519. The Morgan fingerprint density at radius 1 is 1.89 bits per heavy atom. The van der Waals surface area contributed by atoms with Crippen molar-refractivity contribution in [1.29, 1.82) is 0 Å². The molecule has 52 valence electrons. The molecule has 1 rings (SSSR count). The third kappa shape index (κ3) is 1.04. The van der Waals surface area contributed by atoms with Crippen molar-refractivity contribution in [2.75, 3.05) is 13.7 Å². The quantitative estimate of drug-likeness (QED) is 0.458. The standard InChI is InChI=1S/C5H9NO3/c1-8-5(7)4-3(6)2-9-4/h3-4H,2,6H2,1H3. The summed E-state index contributed by atoms with van der Waals surface area (Å²) < 4.78 is 9.18. The van der Waals surface area contributed by atoms with E-state index in [1.807, 2.05) is 0 Å². The Morgan fingerprint density at radius 3 is 2.67 bits per heavy atom. The largest absolute Gasteiger partial charge is 0.467 e. The van der Waals surface area contributed by atoms with E-state index in [1.54, 1.807) is 0 Å². The predicted octanol–water partition coefficient (Wildman–Crippen LogP) is -1.11. The Hall–Kier alpha value is -0.610. The highest BCUT2D eigenvalue weighted by molar-refractivity contribution is 5.76. The lowest BCUT2D eigenvalue weighted by Crippen LogP contribution is -2.55. The first kappa shape index (κ1) is 6.51. The number of ether oxygens (including phenoxy) is 2. The molecule has 0 bridgehead atoms. The number of methoxy groups -OCH3 is 1. The first-order valence-corrected chi connectivity index (χ1v) is 2.70. The number of carbonyl (C=O) groups excluding carboxylic acids is 1. The van der Waals surface area contributed by atoms with Crippen molar-refractivity contribution in [3.8, 4) is 0 Å². The molecule has 2 N–H and O–H groups in total. The van der Waals surface area contributed by atoms with Gasteiger partial charge in [-0.15, -0.1) is 0 Å². The van der Waals surface area contributed by atoms with Crippen LogP contribution in [0.4, 0.5) is 0 Å². The fourth-order valence-electron chi connectivity index (χ4n) is 0.663. The highest BCUT2D eigenvalue weighted by Crippen LogP contribution is 2.10. The maximum Gasteiger partial charge on any atom is 0.336 e. The number of hydrogen-bond acceptors (Lipinski definition) is 4. The van der Waals surface area contributed by atoms with E-state index in [9.17, 15) is 4.79 Å². The van der Waals surface area contributed by atoms with E-state index in [2.05, 4.69) is 4.74 Å². The lowest BCUT2D eigenvalue weighted by atomic mass is 10.1. The summed E-state index contributed by atoms with van der Waals surface area (Å²) in [5.41, 5.74) is 5.37. The highest BCUT2D eigenvalue weighted by Gasteiger charge is 2.35. The summed E-state index contributed by atoms with van der Waals surface area (Å²) in [5.74, 6) is -0.381. The predicted molar refractivity (Wildman–Crippen MR) is 29.7 cm³/mol. The van der Waals surface area contributed by atoms with Gasteiger partial charge in [0.1, 0.15) is 0 Å². The molecular weight excluding hydrogens is 122 g/mol. The number of rotatable bonds is 1. The van der Waals surface area contributed by atoms with Gasteiger partial charge in [0, 0.05) is 0 Å². The van der Waals surface area contributed by atoms with Gasteiger partial charge in [0.05, 0.1) is 19.8 Å². The van der Waals surface area contributed by atoms with E-state index in [0.717, 1.165) is 0 Å². The average molecular weight is 131 g/mol. The lowest BCUT2D eigenvalue weighted by molar-refractivity contribution is -0.170. The van der Waals surface area contributed by atoms with E-state index in [1.165, 1.54) is 7.11 Å². The topological polar surface area (TPSA) is 61.5 Å². The molecule has 0 aromatic rings. The van der Waals surface area contributed by atoms with Crippen LogP contribution < -0.4 is 5.73 Å². The molecule has 1 fully saturated rings. The van der Waals surface area contributed by atoms with Crippen LogP contribution in [0.2, 0.25) is 0 Å². The van der Waals surface area contributed by atoms with Gasteiger partial charge < -0.3 is 15.2 Å². The molecule has 9 heavy (non-hydrogen) atoms. The Balaban J connectivity index is 2.35. The minimum absolute atomic E-state index is 0.169. The molecule has 4 heteroatoms. The van der Waals surface area contributed by atoms with Gasteiger partial charge in [-0.05, 0) is 0 Å². The third-order valence-electron chi connectivity index (χ3n) is 1.29. The molecule has 0 aromatic heterocycles. The van der Waals surface area contributed by atoms with Crippen LogP contribution in [-0.2, 0) is 14.3 Å². The molecule has 2 atom stereocenters. The van der Waals surface area contributed by atoms with Gasteiger partial charge in [-0.25, -0.2) is 4.79 Å². The molecule has 1 heterocycles. The van der Waals surface area contributed by atoms with E-state index in [-0.39, 0.29) is 12.0 Å². The first-order valence-electron chi connectivity index (χ1n) is 2.70. The second-order valence-corrected chi connectivity index (χ2v) is 1.94. The third-order valence-corrected chi connectivity index (χ3v) is 1.29.